The molecule has 0 aliphatic rings. The van der Waals surface area contributed by atoms with E-state index in [1.165, 1.54) is 5.56 Å². The molecule has 4 heteroatoms. The van der Waals surface area contributed by atoms with E-state index >= 15 is 0 Å². The first-order valence-corrected chi connectivity index (χ1v) is 6.54. The second-order valence-electron chi connectivity index (χ2n) is 5.14. The fraction of sp³-hybridized carbons (Fsp3) is 0.533. The van der Waals surface area contributed by atoms with E-state index in [1.807, 2.05) is 45.9 Å². The van der Waals surface area contributed by atoms with E-state index in [-0.39, 0.29) is 31.1 Å². The van der Waals surface area contributed by atoms with E-state index < -0.39 is 0 Å². The Morgan fingerprint density at radius 2 is 2.00 bits per heavy atom. The molecule has 1 amide bonds. The largest absolute Gasteiger partial charge is 0.484 e. The number of benzene rings is 1. The molecule has 0 heterocycles. The molecule has 106 valence electrons. The highest BCUT2D eigenvalue weighted by molar-refractivity contribution is 5.77. The molecule has 0 aromatic heterocycles. The van der Waals surface area contributed by atoms with Crippen molar-refractivity contribution < 1.29 is 14.6 Å². The van der Waals surface area contributed by atoms with Crippen molar-refractivity contribution >= 4 is 5.91 Å². The van der Waals surface area contributed by atoms with Gasteiger partial charge in [0.25, 0.3) is 5.91 Å². The van der Waals surface area contributed by atoms with E-state index in [4.69, 9.17) is 9.84 Å². The fourth-order valence-electron chi connectivity index (χ4n) is 1.62. The van der Waals surface area contributed by atoms with Gasteiger partial charge in [-0.15, -0.1) is 0 Å². The lowest BCUT2D eigenvalue weighted by Crippen LogP contribution is -2.43. The number of nitrogens with one attached hydrogen (secondary N) is 1. The Kier molecular flexibility index (Phi) is 5.83. The summed E-state index contributed by atoms with van der Waals surface area (Å²) in [5.74, 6) is 0.657. The number of amides is 1. The molecule has 0 unspecified atom stereocenters. The molecule has 0 radical (unpaired) electrons. The zero-order valence-electron chi connectivity index (χ0n) is 12.1. The van der Waals surface area contributed by atoms with Crippen LogP contribution in [0.4, 0.5) is 0 Å². The summed E-state index contributed by atoms with van der Waals surface area (Å²) in [5, 5.41) is 11.9. The Labute approximate surface area is 114 Å². The Balaban J connectivity index is 2.47. The number of carbonyl (C=O) groups is 1. The second kappa shape index (κ2) is 7.14. The van der Waals surface area contributed by atoms with Crippen LogP contribution in [0, 0.1) is 19.8 Å². The normalized spacial score (nSPS) is 12.3. The Hall–Kier alpha value is -1.55. The molecule has 0 spiro atoms. The highest BCUT2D eigenvalue weighted by Crippen LogP contribution is 2.16. The van der Waals surface area contributed by atoms with Crippen LogP contribution in [-0.2, 0) is 4.79 Å². The van der Waals surface area contributed by atoms with Crippen molar-refractivity contribution in [2.75, 3.05) is 13.2 Å². The summed E-state index contributed by atoms with van der Waals surface area (Å²) in [6, 6.07) is 5.50. The van der Waals surface area contributed by atoms with Gasteiger partial charge in [-0.3, -0.25) is 4.79 Å². The number of hydrogen-bond donors (Lipinski definition) is 2. The van der Waals surface area contributed by atoms with Crippen LogP contribution in [0.25, 0.3) is 0 Å². The molecule has 0 aliphatic carbocycles. The predicted octanol–water partition coefficient (Wildman–Crippen LogP) is 1.82. The highest BCUT2D eigenvalue weighted by atomic mass is 16.5. The fourth-order valence-corrected chi connectivity index (χ4v) is 1.62. The molecular formula is C15H23NO3. The summed E-state index contributed by atoms with van der Waals surface area (Å²) in [5.41, 5.74) is 2.32. The topological polar surface area (TPSA) is 58.6 Å². The molecule has 2 N–H and O–H groups in total. The predicted molar refractivity (Wildman–Crippen MR) is 75.3 cm³/mol. The van der Waals surface area contributed by atoms with Crippen LogP contribution < -0.4 is 10.1 Å². The summed E-state index contributed by atoms with van der Waals surface area (Å²) in [6.45, 7) is 7.83. The molecule has 1 aromatic carbocycles. The Morgan fingerprint density at radius 3 is 2.53 bits per heavy atom. The van der Waals surface area contributed by atoms with Crippen LogP contribution in [0.5, 0.6) is 5.75 Å². The first-order valence-electron chi connectivity index (χ1n) is 6.54. The molecule has 0 saturated carbocycles. The Morgan fingerprint density at radius 1 is 1.32 bits per heavy atom. The van der Waals surface area contributed by atoms with Crippen molar-refractivity contribution in [3.8, 4) is 5.75 Å². The standard InChI is InChI=1S/C15H23NO3/c1-10(2)14(8-17)16-15(18)9-19-13-6-5-11(3)12(4)7-13/h5-7,10,14,17H,8-9H2,1-4H3,(H,16,18)/t14-/m1/s1. The summed E-state index contributed by atoms with van der Waals surface area (Å²) >= 11 is 0. The Bertz CT molecular complexity index is 429. The lowest BCUT2D eigenvalue weighted by Gasteiger charge is -2.19. The van der Waals surface area contributed by atoms with Crippen LogP contribution in [0.3, 0.4) is 0 Å². The third-order valence-corrected chi connectivity index (χ3v) is 3.20. The lowest BCUT2D eigenvalue weighted by molar-refractivity contribution is -0.124. The lowest BCUT2D eigenvalue weighted by atomic mass is 10.1. The van der Waals surface area contributed by atoms with Gasteiger partial charge < -0.3 is 15.2 Å². The molecule has 0 fully saturated rings. The van der Waals surface area contributed by atoms with E-state index in [0.29, 0.717) is 5.75 Å². The number of aliphatic hydroxyl groups excluding tert-OH is 1. The van der Waals surface area contributed by atoms with Gasteiger partial charge in [0.2, 0.25) is 0 Å². The van der Waals surface area contributed by atoms with Gasteiger partial charge in [-0.25, -0.2) is 0 Å². The van der Waals surface area contributed by atoms with Crippen LogP contribution in [-0.4, -0.2) is 30.3 Å². The molecule has 1 atom stereocenters. The average molecular weight is 265 g/mol. The van der Waals surface area contributed by atoms with Gasteiger partial charge in [0, 0.05) is 0 Å². The van der Waals surface area contributed by atoms with E-state index in [2.05, 4.69) is 5.32 Å². The van der Waals surface area contributed by atoms with Crippen LogP contribution in [0.1, 0.15) is 25.0 Å². The molecule has 19 heavy (non-hydrogen) atoms. The quantitative estimate of drug-likeness (QED) is 0.825. The van der Waals surface area contributed by atoms with Crippen molar-refractivity contribution in [2.24, 2.45) is 5.92 Å². The smallest absolute Gasteiger partial charge is 0.258 e. The third kappa shape index (κ3) is 4.91. The minimum atomic E-state index is -0.226. The second-order valence-corrected chi connectivity index (χ2v) is 5.14. The van der Waals surface area contributed by atoms with Gasteiger partial charge in [-0.05, 0) is 43.0 Å². The summed E-state index contributed by atoms with van der Waals surface area (Å²) < 4.78 is 5.44. The van der Waals surface area contributed by atoms with E-state index in [9.17, 15) is 4.79 Å². The van der Waals surface area contributed by atoms with Crippen molar-refractivity contribution in [3.05, 3.63) is 29.3 Å². The van der Waals surface area contributed by atoms with Gasteiger partial charge in [-0.2, -0.15) is 0 Å². The number of aliphatic hydroxyl groups is 1. The summed E-state index contributed by atoms with van der Waals surface area (Å²) in [4.78, 5) is 11.7. The van der Waals surface area contributed by atoms with Gasteiger partial charge in [0.05, 0.1) is 12.6 Å². The third-order valence-electron chi connectivity index (χ3n) is 3.20. The molecule has 4 nitrogen and oxygen atoms in total. The first-order chi connectivity index (χ1) is 8.93. The van der Waals surface area contributed by atoms with Gasteiger partial charge in [0.15, 0.2) is 6.61 Å². The SMILES string of the molecule is Cc1ccc(OCC(=O)N[C@H](CO)C(C)C)cc1C. The van der Waals surface area contributed by atoms with E-state index in [1.54, 1.807) is 0 Å². The van der Waals surface area contributed by atoms with Crippen molar-refractivity contribution in [3.63, 3.8) is 0 Å². The molecular weight excluding hydrogens is 242 g/mol. The minimum absolute atomic E-state index is 0.0360. The molecule has 1 rings (SSSR count). The van der Waals surface area contributed by atoms with Crippen molar-refractivity contribution in [2.45, 2.75) is 33.7 Å². The summed E-state index contributed by atoms with van der Waals surface area (Å²) in [7, 11) is 0. The number of rotatable bonds is 6. The summed E-state index contributed by atoms with van der Waals surface area (Å²) in [6.07, 6.45) is 0. The zero-order valence-corrected chi connectivity index (χ0v) is 12.1. The zero-order chi connectivity index (χ0) is 14.4. The maximum atomic E-state index is 11.7. The van der Waals surface area contributed by atoms with Gasteiger partial charge >= 0.3 is 0 Å². The maximum absolute atomic E-state index is 11.7. The first kappa shape index (κ1) is 15.5. The number of ether oxygens (including phenoxy) is 1. The van der Waals surface area contributed by atoms with Crippen LogP contribution in [0.15, 0.2) is 18.2 Å². The van der Waals surface area contributed by atoms with Crippen molar-refractivity contribution in [1.82, 2.24) is 5.32 Å². The number of aryl methyl sites for hydroxylation is 2. The molecule has 0 saturated heterocycles. The number of hydrogen-bond acceptors (Lipinski definition) is 3. The van der Waals surface area contributed by atoms with Gasteiger partial charge in [0.1, 0.15) is 5.75 Å². The average Bonchev–Trinajstić information content (AvgIpc) is 2.37. The molecule has 0 bridgehead atoms. The van der Waals surface area contributed by atoms with Crippen molar-refractivity contribution in [1.29, 1.82) is 0 Å². The molecule has 0 aliphatic heterocycles. The van der Waals surface area contributed by atoms with Gasteiger partial charge in [-0.1, -0.05) is 19.9 Å². The van der Waals surface area contributed by atoms with Crippen LogP contribution >= 0.6 is 0 Å². The van der Waals surface area contributed by atoms with E-state index in [0.717, 1.165) is 5.56 Å². The highest BCUT2D eigenvalue weighted by Gasteiger charge is 2.15. The monoisotopic (exact) mass is 265 g/mol. The van der Waals surface area contributed by atoms with Crippen LogP contribution in [0.2, 0.25) is 0 Å². The molecule has 1 aromatic rings. The minimum Gasteiger partial charge on any atom is -0.484 e. The number of carbonyl (C=O) groups excluding carboxylic acids is 1. The maximum Gasteiger partial charge on any atom is 0.258 e.